The number of nitrogens with two attached hydrogens (primary N) is 1. The summed E-state index contributed by atoms with van der Waals surface area (Å²) in [6.07, 6.45) is 2.57. The van der Waals surface area contributed by atoms with Crippen LogP contribution in [0.2, 0.25) is 0 Å². The first-order chi connectivity index (χ1) is 9.98. The number of ether oxygens (including phenoxy) is 1. The monoisotopic (exact) mass is 310 g/mol. The van der Waals surface area contributed by atoms with Crippen LogP contribution in [-0.4, -0.2) is 32.4 Å². The van der Waals surface area contributed by atoms with Gasteiger partial charge in [-0.15, -0.1) is 0 Å². The molecule has 6 heteroatoms. The molecule has 0 radical (unpaired) electrons. The molecule has 5 nitrogen and oxygen atoms in total. The van der Waals surface area contributed by atoms with Crippen LogP contribution in [0.3, 0.4) is 0 Å². The Morgan fingerprint density at radius 3 is 2.67 bits per heavy atom. The van der Waals surface area contributed by atoms with Gasteiger partial charge >= 0.3 is 0 Å². The van der Waals surface area contributed by atoms with E-state index in [9.17, 15) is 8.42 Å². The Morgan fingerprint density at radius 1 is 1.24 bits per heavy atom. The van der Waals surface area contributed by atoms with Gasteiger partial charge in [-0.2, -0.15) is 4.31 Å². The van der Waals surface area contributed by atoms with Gasteiger partial charge in [0.1, 0.15) is 5.75 Å². The summed E-state index contributed by atoms with van der Waals surface area (Å²) in [5.74, 6) is 1.31. The predicted octanol–water partition coefficient (Wildman–Crippen LogP) is 1.89. The molecule has 0 saturated carbocycles. The van der Waals surface area contributed by atoms with E-state index in [4.69, 9.17) is 10.5 Å². The lowest BCUT2D eigenvalue weighted by Crippen LogP contribution is -2.38. The molecule has 1 aromatic carbocycles. The maximum atomic E-state index is 12.7. The van der Waals surface area contributed by atoms with E-state index >= 15 is 0 Å². The Balaban J connectivity index is 1.91. The molecule has 0 bridgehead atoms. The zero-order valence-corrected chi connectivity index (χ0v) is 13.1. The van der Waals surface area contributed by atoms with Crippen LogP contribution in [0.1, 0.15) is 37.8 Å². The van der Waals surface area contributed by atoms with Gasteiger partial charge in [-0.3, -0.25) is 0 Å². The topological polar surface area (TPSA) is 72.6 Å². The van der Waals surface area contributed by atoms with Gasteiger partial charge in [0.05, 0.1) is 11.5 Å². The van der Waals surface area contributed by atoms with Crippen molar-refractivity contribution in [3.8, 4) is 5.75 Å². The van der Waals surface area contributed by atoms with E-state index in [1.807, 2.05) is 0 Å². The van der Waals surface area contributed by atoms with Gasteiger partial charge in [0.2, 0.25) is 10.0 Å². The number of fused-ring (bicyclic) bond motifs is 1. The average molecular weight is 310 g/mol. The maximum Gasteiger partial charge on any atom is 0.243 e. The van der Waals surface area contributed by atoms with Gasteiger partial charge < -0.3 is 10.5 Å². The molecule has 1 unspecified atom stereocenters. The third-order valence-corrected chi connectivity index (χ3v) is 6.34. The highest BCUT2D eigenvalue weighted by atomic mass is 32.2. The second kappa shape index (κ2) is 5.59. The molecule has 2 aliphatic rings. The molecule has 3 rings (SSSR count). The third kappa shape index (κ3) is 2.80. The first-order valence-corrected chi connectivity index (χ1v) is 8.95. The van der Waals surface area contributed by atoms with Crippen molar-refractivity contribution >= 4 is 10.0 Å². The SMILES string of the molecule is CC1CCN(S(=O)(=O)c2ccc3c(c2)C(N)CCO3)CC1. The van der Waals surface area contributed by atoms with Crippen molar-refractivity contribution in [1.82, 2.24) is 4.31 Å². The number of nitrogens with zero attached hydrogens (tertiary/aromatic N) is 1. The second-order valence-electron chi connectivity index (χ2n) is 6.03. The van der Waals surface area contributed by atoms with E-state index in [0.29, 0.717) is 36.3 Å². The highest BCUT2D eigenvalue weighted by molar-refractivity contribution is 7.89. The largest absolute Gasteiger partial charge is 0.493 e. The summed E-state index contributed by atoms with van der Waals surface area (Å²) in [5.41, 5.74) is 6.87. The van der Waals surface area contributed by atoms with Crippen LogP contribution in [0, 0.1) is 5.92 Å². The number of hydrogen-bond donors (Lipinski definition) is 1. The molecule has 2 N–H and O–H groups in total. The van der Waals surface area contributed by atoms with Gasteiger partial charge in [0.15, 0.2) is 0 Å². The van der Waals surface area contributed by atoms with Crippen LogP contribution in [-0.2, 0) is 10.0 Å². The lowest BCUT2D eigenvalue weighted by atomic mass is 10.0. The molecule has 0 aromatic heterocycles. The summed E-state index contributed by atoms with van der Waals surface area (Å²) in [7, 11) is -3.42. The number of rotatable bonds is 2. The summed E-state index contributed by atoms with van der Waals surface area (Å²) >= 11 is 0. The van der Waals surface area contributed by atoms with Crippen LogP contribution in [0.25, 0.3) is 0 Å². The number of piperidine rings is 1. The normalized spacial score (nSPS) is 24.4. The van der Waals surface area contributed by atoms with Gasteiger partial charge in [-0.05, 0) is 37.0 Å². The Morgan fingerprint density at radius 2 is 1.95 bits per heavy atom. The van der Waals surface area contributed by atoms with Crippen molar-refractivity contribution in [2.45, 2.75) is 37.1 Å². The molecule has 0 spiro atoms. The summed E-state index contributed by atoms with van der Waals surface area (Å²) < 4.78 is 32.6. The number of benzene rings is 1. The second-order valence-corrected chi connectivity index (χ2v) is 7.97. The summed E-state index contributed by atoms with van der Waals surface area (Å²) in [6, 6.07) is 4.90. The third-order valence-electron chi connectivity index (χ3n) is 4.45. The minimum atomic E-state index is -3.42. The summed E-state index contributed by atoms with van der Waals surface area (Å²) in [6.45, 7) is 3.95. The standard InChI is InChI=1S/C15H22N2O3S/c1-11-4-7-17(8-5-11)21(18,19)12-2-3-15-13(10-12)14(16)6-9-20-15/h2-3,10-11,14H,4-9,16H2,1H3. The van der Waals surface area contributed by atoms with Crippen LogP contribution in [0.5, 0.6) is 5.75 Å². The van der Waals surface area contributed by atoms with Gasteiger partial charge in [-0.1, -0.05) is 6.92 Å². The smallest absolute Gasteiger partial charge is 0.243 e. The van der Waals surface area contributed by atoms with Crippen molar-refractivity contribution in [3.63, 3.8) is 0 Å². The minimum absolute atomic E-state index is 0.148. The quantitative estimate of drug-likeness (QED) is 0.905. The number of hydrogen-bond acceptors (Lipinski definition) is 4. The fraction of sp³-hybridized carbons (Fsp3) is 0.600. The van der Waals surface area contributed by atoms with Gasteiger partial charge in [0, 0.05) is 31.1 Å². The summed E-state index contributed by atoms with van der Waals surface area (Å²) in [5, 5.41) is 0. The molecule has 0 aliphatic carbocycles. The van der Waals surface area contributed by atoms with Gasteiger partial charge in [0.25, 0.3) is 0 Å². The molecule has 0 amide bonds. The maximum absolute atomic E-state index is 12.7. The van der Waals surface area contributed by atoms with Crippen molar-refractivity contribution in [3.05, 3.63) is 23.8 Å². The Kier molecular flexibility index (Phi) is 3.94. The summed E-state index contributed by atoms with van der Waals surface area (Å²) in [4.78, 5) is 0.330. The minimum Gasteiger partial charge on any atom is -0.493 e. The molecule has 1 saturated heterocycles. The highest BCUT2D eigenvalue weighted by Crippen LogP contribution is 2.33. The van der Waals surface area contributed by atoms with E-state index in [0.717, 1.165) is 24.8 Å². The highest BCUT2D eigenvalue weighted by Gasteiger charge is 2.29. The molecule has 116 valence electrons. The van der Waals surface area contributed by atoms with Crippen molar-refractivity contribution in [2.75, 3.05) is 19.7 Å². The van der Waals surface area contributed by atoms with E-state index < -0.39 is 10.0 Å². The van der Waals surface area contributed by atoms with E-state index in [1.54, 1.807) is 22.5 Å². The lowest BCUT2D eigenvalue weighted by Gasteiger charge is -2.30. The zero-order chi connectivity index (χ0) is 15.0. The molecule has 2 aliphatic heterocycles. The van der Waals surface area contributed by atoms with Crippen LogP contribution >= 0.6 is 0 Å². The van der Waals surface area contributed by atoms with Crippen LogP contribution in [0.15, 0.2) is 23.1 Å². The lowest BCUT2D eigenvalue weighted by molar-refractivity contribution is 0.268. The Bertz CT molecular complexity index is 622. The molecule has 21 heavy (non-hydrogen) atoms. The first-order valence-electron chi connectivity index (χ1n) is 7.51. The molecular weight excluding hydrogens is 288 g/mol. The molecule has 1 aromatic rings. The molecule has 1 atom stereocenters. The van der Waals surface area contributed by atoms with E-state index in [-0.39, 0.29) is 6.04 Å². The van der Waals surface area contributed by atoms with Crippen molar-refractivity contribution in [2.24, 2.45) is 11.7 Å². The Labute approximate surface area is 126 Å². The molecule has 1 fully saturated rings. The van der Waals surface area contributed by atoms with E-state index in [2.05, 4.69) is 6.92 Å². The first kappa shape index (κ1) is 14.8. The van der Waals surface area contributed by atoms with Crippen molar-refractivity contribution in [1.29, 1.82) is 0 Å². The predicted molar refractivity (Wildman–Crippen MR) is 80.6 cm³/mol. The average Bonchev–Trinajstić information content (AvgIpc) is 2.48. The van der Waals surface area contributed by atoms with Crippen molar-refractivity contribution < 1.29 is 13.2 Å². The fourth-order valence-electron chi connectivity index (χ4n) is 2.93. The zero-order valence-electron chi connectivity index (χ0n) is 12.3. The van der Waals surface area contributed by atoms with Crippen LogP contribution in [0.4, 0.5) is 0 Å². The number of sulfonamides is 1. The van der Waals surface area contributed by atoms with Gasteiger partial charge in [-0.25, -0.2) is 8.42 Å². The fourth-order valence-corrected chi connectivity index (χ4v) is 4.44. The van der Waals surface area contributed by atoms with Crippen LogP contribution < -0.4 is 10.5 Å². The molecule has 2 heterocycles. The molecular formula is C15H22N2O3S. The Hall–Kier alpha value is -1.11. The van der Waals surface area contributed by atoms with E-state index in [1.165, 1.54) is 0 Å².